The zero-order valence-corrected chi connectivity index (χ0v) is 17.4. The Morgan fingerprint density at radius 2 is 1.97 bits per heavy atom. The fraction of sp³-hybridized carbons (Fsp3) is 0.308. The summed E-state index contributed by atoms with van der Waals surface area (Å²) in [6, 6.07) is 3.72. The van der Waals surface area contributed by atoms with E-state index >= 15 is 0 Å². The molecule has 3 rings (SSSR count). The van der Waals surface area contributed by atoms with E-state index in [9.17, 15) is 8.78 Å². The van der Waals surface area contributed by atoms with Crippen LogP contribution in [0.3, 0.4) is 0 Å². The Kier molecular flexibility index (Phi) is 5.79. The van der Waals surface area contributed by atoms with Gasteiger partial charge in [-0.05, 0) is 60.5 Å². The standard InChI is InChI=1S/C26H29F2N/c1-7-19-14-26(9-3,15-19)29-16-21(12-20-10-11-22(27)13-24(20)28)18(6)23(8-2)25(29)17(4)5/h7-8,10-11,13,16,19H,1-2,4,6,9,12,14-15H2,3,5H3. The molecule has 0 atom stereocenters. The maximum absolute atomic E-state index is 14.3. The monoisotopic (exact) mass is 393 g/mol. The van der Waals surface area contributed by atoms with E-state index in [1.165, 1.54) is 12.1 Å². The average Bonchev–Trinajstić information content (AvgIpc) is 2.65. The van der Waals surface area contributed by atoms with E-state index in [2.05, 4.69) is 44.3 Å². The van der Waals surface area contributed by atoms with Crippen LogP contribution >= 0.6 is 0 Å². The number of nitrogens with zero attached hydrogens (tertiary/aromatic N) is 1. The molecular weight excluding hydrogens is 364 g/mol. The quantitative estimate of drug-likeness (QED) is 0.450. The molecular formula is C26H29F2N. The molecule has 1 aliphatic heterocycles. The van der Waals surface area contributed by atoms with Gasteiger partial charge in [0, 0.05) is 29.8 Å². The zero-order valence-electron chi connectivity index (χ0n) is 17.4. The van der Waals surface area contributed by atoms with Crippen LogP contribution in [0.15, 0.2) is 90.9 Å². The summed E-state index contributed by atoms with van der Waals surface area (Å²) in [4.78, 5) is 2.30. The molecule has 0 spiro atoms. The molecule has 1 aromatic carbocycles. The lowest BCUT2D eigenvalue weighted by atomic mass is 9.65. The highest BCUT2D eigenvalue weighted by Gasteiger charge is 2.47. The number of rotatable bonds is 7. The second kappa shape index (κ2) is 7.98. The fourth-order valence-corrected chi connectivity index (χ4v) is 4.53. The number of benzene rings is 1. The molecule has 1 aromatic rings. The highest BCUT2D eigenvalue weighted by Crippen LogP contribution is 2.50. The van der Waals surface area contributed by atoms with Gasteiger partial charge < -0.3 is 4.90 Å². The van der Waals surface area contributed by atoms with Crippen LogP contribution in [0.2, 0.25) is 0 Å². The molecule has 1 aliphatic carbocycles. The Bertz CT molecular complexity index is 941. The van der Waals surface area contributed by atoms with Crippen molar-refractivity contribution in [3.05, 3.63) is 108 Å². The van der Waals surface area contributed by atoms with Gasteiger partial charge in [-0.25, -0.2) is 8.78 Å². The SMILES string of the molecule is C=CC1=C(C(=C)C)N(C2(CC)CC(C=C)C2)C=C(Cc2ccc(F)cc2F)C1=C. The molecule has 2 aliphatic rings. The van der Waals surface area contributed by atoms with Gasteiger partial charge >= 0.3 is 0 Å². The Labute approximate surface area is 173 Å². The van der Waals surface area contributed by atoms with E-state index in [0.717, 1.165) is 53.3 Å². The van der Waals surface area contributed by atoms with Crippen LogP contribution in [0.1, 0.15) is 38.7 Å². The van der Waals surface area contributed by atoms with E-state index in [1.54, 1.807) is 6.08 Å². The van der Waals surface area contributed by atoms with E-state index in [0.29, 0.717) is 17.9 Å². The minimum absolute atomic E-state index is 0.0330. The van der Waals surface area contributed by atoms with Gasteiger partial charge in [0.15, 0.2) is 0 Å². The molecule has 0 N–H and O–H groups in total. The maximum atomic E-state index is 14.3. The lowest BCUT2D eigenvalue weighted by Crippen LogP contribution is -2.55. The first-order chi connectivity index (χ1) is 13.8. The normalized spacial score (nSPS) is 24.1. The van der Waals surface area contributed by atoms with Gasteiger partial charge in [0.05, 0.1) is 5.70 Å². The summed E-state index contributed by atoms with van der Waals surface area (Å²) in [5.74, 6) is -0.624. The third-order valence-electron chi connectivity index (χ3n) is 6.28. The number of hydrogen-bond acceptors (Lipinski definition) is 1. The van der Waals surface area contributed by atoms with Crippen molar-refractivity contribution in [2.24, 2.45) is 5.92 Å². The van der Waals surface area contributed by atoms with Crippen molar-refractivity contribution in [2.75, 3.05) is 0 Å². The highest BCUT2D eigenvalue weighted by molar-refractivity contribution is 5.60. The molecule has 29 heavy (non-hydrogen) atoms. The number of allylic oxidation sites excluding steroid dienone is 6. The molecule has 152 valence electrons. The Morgan fingerprint density at radius 1 is 1.28 bits per heavy atom. The Morgan fingerprint density at radius 3 is 2.48 bits per heavy atom. The van der Waals surface area contributed by atoms with E-state index in [-0.39, 0.29) is 5.54 Å². The average molecular weight is 394 g/mol. The molecule has 1 heterocycles. The van der Waals surface area contributed by atoms with Crippen molar-refractivity contribution < 1.29 is 8.78 Å². The first-order valence-electron chi connectivity index (χ1n) is 10.0. The predicted octanol–water partition coefficient (Wildman–Crippen LogP) is 7.02. The molecule has 0 saturated heterocycles. The molecule has 3 heteroatoms. The molecule has 0 unspecified atom stereocenters. The van der Waals surface area contributed by atoms with Gasteiger partial charge in [0.1, 0.15) is 11.6 Å². The third kappa shape index (κ3) is 3.66. The van der Waals surface area contributed by atoms with Crippen LogP contribution in [0.4, 0.5) is 8.78 Å². The van der Waals surface area contributed by atoms with Gasteiger partial charge in [-0.2, -0.15) is 0 Å². The minimum atomic E-state index is -0.574. The second-order valence-electron chi connectivity index (χ2n) is 8.14. The first-order valence-corrected chi connectivity index (χ1v) is 10.0. The zero-order chi connectivity index (χ0) is 21.3. The number of halogens is 2. The summed E-state index contributed by atoms with van der Waals surface area (Å²) in [5.41, 5.74) is 5.02. The molecule has 0 radical (unpaired) electrons. The topological polar surface area (TPSA) is 3.24 Å². The largest absolute Gasteiger partial charge is 0.341 e. The highest BCUT2D eigenvalue weighted by atomic mass is 19.1. The van der Waals surface area contributed by atoms with Crippen molar-refractivity contribution in [3.8, 4) is 0 Å². The molecule has 0 aromatic heterocycles. The summed E-state index contributed by atoms with van der Waals surface area (Å²) >= 11 is 0. The number of hydrogen-bond donors (Lipinski definition) is 0. The summed E-state index contributed by atoms with van der Waals surface area (Å²) in [6.45, 7) is 20.6. The van der Waals surface area contributed by atoms with Gasteiger partial charge in [-0.3, -0.25) is 0 Å². The summed E-state index contributed by atoms with van der Waals surface area (Å²) in [5, 5.41) is 0. The molecule has 0 amide bonds. The first kappa shape index (κ1) is 21.0. The van der Waals surface area contributed by atoms with Gasteiger partial charge in [-0.15, -0.1) is 6.58 Å². The van der Waals surface area contributed by atoms with Crippen molar-refractivity contribution in [1.82, 2.24) is 4.90 Å². The van der Waals surface area contributed by atoms with E-state index in [4.69, 9.17) is 0 Å². The third-order valence-corrected chi connectivity index (χ3v) is 6.28. The second-order valence-corrected chi connectivity index (χ2v) is 8.14. The Hall–Kier alpha value is -2.68. The van der Waals surface area contributed by atoms with Crippen molar-refractivity contribution >= 4 is 0 Å². The van der Waals surface area contributed by atoms with E-state index < -0.39 is 11.6 Å². The van der Waals surface area contributed by atoms with E-state index in [1.807, 2.05) is 13.0 Å². The van der Waals surface area contributed by atoms with Crippen LogP contribution in [-0.2, 0) is 6.42 Å². The molecule has 1 nitrogen and oxygen atoms in total. The van der Waals surface area contributed by atoms with Crippen LogP contribution in [-0.4, -0.2) is 10.4 Å². The molecule has 1 saturated carbocycles. The fourth-order valence-electron chi connectivity index (χ4n) is 4.53. The molecule has 1 fully saturated rings. The maximum Gasteiger partial charge on any atom is 0.129 e. The van der Waals surface area contributed by atoms with Crippen LogP contribution in [0.5, 0.6) is 0 Å². The smallest absolute Gasteiger partial charge is 0.129 e. The lowest BCUT2D eigenvalue weighted by Gasteiger charge is -2.55. The van der Waals surface area contributed by atoms with Crippen molar-refractivity contribution in [2.45, 2.75) is 45.1 Å². The summed E-state index contributed by atoms with van der Waals surface area (Å²) in [6.07, 6.45) is 9.25. The van der Waals surface area contributed by atoms with Crippen LogP contribution in [0, 0.1) is 17.6 Å². The van der Waals surface area contributed by atoms with Gasteiger partial charge in [-0.1, -0.05) is 44.9 Å². The predicted molar refractivity (Wildman–Crippen MR) is 117 cm³/mol. The summed E-state index contributed by atoms with van der Waals surface area (Å²) in [7, 11) is 0. The van der Waals surface area contributed by atoms with Crippen molar-refractivity contribution in [3.63, 3.8) is 0 Å². The summed E-state index contributed by atoms with van der Waals surface area (Å²) < 4.78 is 27.6. The van der Waals surface area contributed by atoms with Gasteiger partial charge in [0.2, 0.25) is 0 Å². The Balaban J connectivity index is 2.08. The van der Waals surface area contributed by atoms with Crippen LogP contribution in [0.25, 0.3) is 0 Å². The minimum Gasteiger partial charge on any atom is -0.341 e. The molecule has 0 bridgehead atoms. The van der Waals surface area contributed by atoms with Crippen molar-refractivity contribution in [1.29, 1.82) is 0 Å². The lowest BCUT2D eigenvalue weighted by molar-refractivity contribution is 0.0444. The van der Waals surface area contributed by atoms with Crippen LogP contribution < -0.4 is 0 Å². The van der Waals surface area contributed by atoms with Gasteiger partial charge in [0.25, 0.3) is 0 Å².